The minimum absolute atomic E-state index is 0.0359. The van der Waals surface area contributed by atoms with Gasteiger partial charge in [0.1, 0.15) is 0 Å². The number of methoxy groups -OCH3 is 2. The van der Waals surface area contributed by atoms with Crippen molar-refractivity contribution in [1.82, 2.24) is 20.3 Å². The zero-order valence-electron chi connectivity index (χ0n) is 21.8. The van der Waals surface area contributed by atoms with Crippen molar-refractivity contribution in [2.24, 2.45) is 5.92 Å². The van der Waals surface area contributed by atoms with Gasteiger partial charge in [-0.2, -0.15) is 0 Å². The quantitative estimate of drug-likeness (QED) is 0.442. The molecule has 2 heterocycles. The molecule has 1 saturated carbocycles. The predicted molar refractivity (Wildman–Crippen MR) is 144 cm³/mol. The van der Waals surface area contributed by atoms with E-state index in [1.54, 1.807) is 37.2 Å². The van der Waals surface area contributed by atoms with Crippen LogP contribution in [0.25, 0.3) is 5.69 Å². The highest BCUT2D eigenvalue weighted by atomic mass is 16.5. The van der Waals surface area contributed by atoms with Crippen molar-refractivity contribution in [1.29, 1.82) is 0 Å². The molecule has 1 saturated heterocycles. The van der Waals surface area contributed by atoms with Crippen molar-refractivity contribution < 1.29 is 14.3 Å². The van der Waals surface area contributed by atoms with E-state index in [9.17, 15) is 4.79 Å². The van der Waals surface area contributed by atoms with E-state index in [0.29, 0.717) is 23.0 Å². The van der Waals surface area contributed by atoms with Gasteiger partial charge >= 0.3 is 0 Å². The van der Waals surface area contributed by atoms with Gasteiger partial charge in [-0.15, -0.1) is 5.10 Å². The van der Waals surface area contributed by atoms with E-state index in [0.717, 1.165) is 37.2 Å². The van der Waals surface area contributed by atoms with Gasteiger partial charge in [0.25, 0.3) is 5.91 Å². The second-order valence-electron chi connectivity index (χ2n) is 10.1. The number of rotatable bonds is 9. The zero-order chi connectivity index (χ0) is 25.6. The third-order valence-electron chi connectivity index (χ3n) is 7.84. The number of aromatic nitrogens is 3. The topological polar surface area (TPSA) is 81.5 Å². The van der Waals surface area contributed by atoms with Crippen molar-refractivity contribution in [3.8, 4) is 17.2 Å². The molecule has 0 spiro atoms. The van der Waals surface area contributed by atoms with Crippen LogP contribution in [0.15, 0.2) is 54.9 Å². The number of nitrogens with zero attached hydrogens (tertiary/aromatic N) is 4. The molecule has 196 valence electrons. The smallest absolute Gasteiger partial charge is 0.258 e. The molecule has 2 aliphatic rings. The molecule has 3 aromatic rings. The third-order valence-corrected chi connectivity index (χ3v) is 7.84. The van der Waals surface area contributed by atoms with Crippen molar-refractivity contribution in [2.75, 3.05) is 25.7 Å². The minimum Gasteiger partial charge on any atom is -0.493 e. The highest BCUT2D eigenvalue weighted by Crippen LogP contribution is 2.35. The molecule has 1 aromatic heterocycles. The Hall–Kier alpha value is -3.39. The summed E-state index contributed by atoms with van der Waals surface area (Å²) in [6, 6.07) is 13.8. The number of carbonyl (C=O) groups is 1. The summed E-state index contributed by atoms with van der Waals surface area (Å²) in [5, 5.41) is 11.9. The summed E-state index contributed by atoms with van der Waals surface area (Å²) in [5.74, 6) is 1.74. The van der Waals surface area contributed by atoms with E-state index in [1.807, 2.05) is 41.4 Å². The lowest BCUT2D eigenvalue weighted by Gasteiger charge is -2.39. The predicted octanol–water partition coefficient (Wildman–Crippen LogP) is 5.02. The maximum atomic E-state index is 14.4. The Morgan fingerprint density at radius 1 is 1.05 bits per heavy atom. The van der Waals surface area contributed by atoms with Crippen LogP contribution in [0, 0.1) is 5.92 Å². The summed E-state index contributed by atoms with van der Waals surface area (Å²) in [7, 11) is 3.20. The highest BCUT2D eigenvalue weighted by molar-refractivity contribution is 6.07. The summed E-state index contributed by atoms with van der Waals surface area (Å²) in [6.07, 6.45) is 13.0. The number of anilines is 1. The Balaban J connectivity index is 1.58. The fourth-order valence-corrected chi connectivity index (χ4v) is 5.95. The van der Waals surface area contributed by atoms with Crippen molar-refractivity contribution >= 4 is 11.6 Å². The van der Waals surface area contributed by atoms with Crippen LogP contribution in [-0.4, -0.2) is 53.7 Å². The lowest BCUT2D eigenvalue weighted by atomic mass is 9.82. The first kappa shape index (κ1) is 25.3. The largest absolute Gasteiger partial charge is 0.493 e. The normalized spacial score (nSPS) is 18.9. The van der Waals surface area contributed by atoms with E-state index in [4.69, 9.17) is 9.47 Å². The molecule has 5 rings (SSSR count). The summed E-state index contributed by atoms with van der Waals surface area (Å²) in [6.45, 7) is 0.989. The summed E-state index contributed by atoms with van der Waals surface area (Å²) in [4.78, 5) is 16.4. The van der Waals surface area contributed by atoms with Gasteiger partial charge in [-0.1, -0.05) is 43.4 Å². The maximum absolute atomic E-state index is 14.4. The molecule has 8 heteroatoms. The molecule has 8 nitrogen and oxygen atoms in total. The second kappa shape index (κ2) is 11.8. The first-order valence-electron chi connectivity index (χ1n) is 13.4. The van der Waals surface area contributed by atoms with Gasteiger partial charge in [-0.25, -0.2) is 4.68 Å². The van der Waals surface area contributed by atoms with Gasteiger partial charge < -0.3 is 19.7 Å². The maximum Gasteiger partial charge on any atom is 0.258 e. The van der Waals surface area contributed by atoms with Gasteiger partial charge in [0.2, 0.25) is 0 Å². The number of carbonyl (C=O) groups excluding carboxylic acids is 1. The number of ether oxygens (including phenoxy) is 2. The van der Waals surface area contributed by atoms with Crippen LogP contribution in [0.2, 0.25) is 0 Å². The molecule has 37 heavy (non-hydrogen) atoms. The minimum atomic E-state index is -0.0359. The Bertz CT molecular complexity index is 1170. The number of nitrogens with one attached hydrogen (secondary N) is 1. The summed E-state index contributed by atoms with van der Waals surface area (Å²) >= 11 is 0. The van der Waals surface area contributed by atoms with Gasteiger partial charge in [0, 0.05) is 17.3 Å². The Morgan fingerprint density at radius 2 is 1.89 bits per heavy atom. The van der Waals surface area contributed by atoms with Crippen molar-refractivity contribution in [3.63, 3.8) is 0 Å². The summed E-state index contributed by atoms with van der Waals surface area (Å²) in [5.41, 5.74) is 2.31. The number of hydrogen-bond acceptors (Lipinski definition) is 6. The fraction of sp³-hybridized carbons (Fsp3) is 0.483. The molecule has 1 aliphatic heterocycles. The third kappa shape index (κ3) is 5.64. The molecule has 1 unspecified atom stereocenters. The molecule has 1 amide bonds. The van der Waals surface area contributed by atoms with E-state index < -0.39 is 0 Å². The monoisotopic (exact) mass is 503 g/mol. The van der Waals surface area contributed by atoms with Gasteiger partial charge in [-0.3, -0.25) is 4.79 Å². The van der Waals surface area contributed by atoms with Crippen LogP contribution >= 0.6 is 0 Å². The van der Waals surface area contributed by atoms with Crippen LogP contribution in [-0.2, 0) is 0 Å². The van der Waals surface area contributed by atoms with Crippen LogP contribution < -0.4 is 19.7 Å². The van der Waals surface area contributed by atoms with Crippen LogP contribution in [0.1, 0.15) is 61.7 Å². The Labute approximate surface area is 219 Å². The first-order chi connectivity index (χ1) is 18.2. The average Bonchev–Trinajstić information content (AvgIpc) is 3.68. The molecule has 1 N–H and O–H groups in total. The highest BCUT2D eigenvalue weighted by Gasteiger charge is 2.36. The number of benzene rings is 2. The molecule has 2 fully saturated rings. The molecule has 2 atom stereocenters. The molecule has 0 radical (unpaired) electrons. The van der Waals surface area contributed by atoms with Crippen molar-refractivity contribution in [3.05, 3.63) is 60.4 Å². The van der Waals surface area contributed by atoms with E-state index in [-0.39, 0.29) is 18.0 Å². The van der Waals surface area contributed by atoms with Crippen LogP contribution in [0.4, 0.5) is 5.69 Å². The first-order valence-corrected chi connectivity index (χ1v) is 13.4. The lowest BCUT2D eigenvalue weighted by Crippen LogP contribution is -2.51. The number of hydrogen-bond donors (Lipinski definition) is 1. The second-order valence-corrected chi connectivity index (χ2v) is 10.1. The average molecular weight is 504 g/mol. The molecular weight excluding hydrogens is 466 g/mol. The van der Waals surface area contributed by atoms with E-state index in [1.165, 1.54) is 32.1 Å². The Kier molecular flexibility index (Phi) is 8.04. The standard InChI is InChI=1S/C29H37N5O3/c1-36-27-14-13-22(19-28(27)37-2)29(35)34(24-11-6-10-23(20-24)33-17-16-31-32-33)26(25-12-7-15-30-25)18-21-8-4-3-5-9-21/h6,10-11,13-14,16-17,19-21,25-26,30H,3-5,7-9,12,15,18H2,1-2H3/t25?,26-/m0/s1. The van der Waals surface area contributed by atoms with Gasteiger partial charge in [0.15, 0.2) is 11.5 Å². The summed E-state index contributed by atoms with van der Waals surface area (Å²) < 4.78 is 12.7. The van der Waals surface area contributed by atoms with Crippen LogP contribution in [0.3, 0.4) is 0 Å². The SMILES string of the molecule is COc1ccc(C(=O)N(c2cccc(-n3ccnn3)c2)[C@@H](CC2CCCCC2)C2CCCN2)cc1OC. The van der Waals surface area contributed by atoms with Gasteiger partial charge in [0.05, 0.1) is 38.3 Å². The van der Waals surface area contributed by atoms with E-state index in [2.05, 4.69) is 15.6 Å². The van der Waals surface area contributed by atoms with Gasteiger partial charge in [-0.05, 0) is 68.1 Å². The number of amides is 1. The molecular formula is C29H37N5O3. The Morgan fingerprint density at radius 3 is 2.59 bits per heavy atom. The molecule has 1 aliphatic carbocycles. The van der Waals surface area contributed by atoms with Crippen LogP contribution in [0.5, 0.6) is 11.5 Å². The lowest BCUT2D eigenvalue weighted by molar-refractivity contribution is 0.0964. The van der Waals surface area contributed by atoms with Crippen molar-refractivity contribution in [2.45, 2.75) is 63.5 Å². The molecule has 0 bridgehead atoms. The van der Waals surface area contributed by atoms with E-state index >= 15 is 0 Å². The molecule has 2 aromatic carbocycles. The zero-order valence-corrected chi connectivity index (χ0v) is 21.8. The fourth-order valence-electron chi connectivity index (χ4n) is 5.95.